The van der Waals surface area contributed by atoms with E-state index in [4.69, 9.17) is 9.84 Å². The van der Waals surface area contributed by atoms with Gasteiger partial charge in [-0.2, -0.15) is 0 Å². The molecule has 0 spiro atoms. The third kappa shape index (κ3) is 1.80. The summed E-state index contributed by atoms with van der Waals surface area (Å²) in [6.45, 7) is -0.0274. The summed E-state index contributed by atoms with van der Waals surface area (Å²) in [5.41, 5.74) is 0.968. The van der Waals surface area contributed by atoms with E-state index >= 15 is 0 Å². The van der Waals surface area contributed by atoms with E-state index < -0.39 is 6.10 Å². The predicted molar refractivity (Wildman–Crippen MR) is 51.8 cm³/mol. The van der Waals surface area contributed by atoms with E-state index in [9.17, 15) is 5.11 Å². The highest BCUT2D eigenvalue weighted by Crippen LogP contribution is 2.32. The summed E-state index contributed by atoms with van der Waals surface area (Å²) in [6, 6.07) is 9.60. The van der Waals surface area contributed by atoms with Gasteiger partial charge in [-0.3, -0.25) is 0 Å². The zero-order chi connectivity index (χ0) is 9.97. The standard InChI is InChI=1S/C11H14O3/c12-7-9-6-10(13)11(14-9)8-4-2-1-3-5-8/h1-5,9-13H,6-7H2/t9-,10-,11+/m1/s1. The number of hydrogen-bond donors (Lipinski definition) is 2. The molecule has 3 atom stereocenters. The molecule has 0 saturated carbocycles. The molecule has 14 heavy (non-hydrogen) atoms. The highest BCUT2D eigenvalue weighted by molar-refractivity contribution is 5.19. The van der Waals surface area contributed by atoms with E-state index in [0.717, 1.165) is 5.56 Å². The van der Waals surface area contributed by atoms with Crippen LogP contribution in [-0.4, -0.2) is 29.0 Å². The molecule has 0 radical (unpaired) electrons. The molecular formula is C11H14O3. The Hall–Kier alpha value is -0.900. The van der Waals surface area contributed by atoms with Crippen molar-refractivity contribution in [3.63, 3.8) is 0 Å². The van der Waals surface area contributed by atoms with Crippen LogP contribution in [0.3, 0.4) is 0 Å². The van der Waals surface area contributed by atoms with Gasteiger partial charge in [0.05, 0.1) is 18.8 Å². The summed E-state index contributed by atoms with van der Waals surface area (Å²) in [6.07, 6.45) is -0.506. The third-order valence-electron chi connectivity index (χ3n) is 2.52. The van der Waals surface area contributed by atoms with Crippen molar-refractivity contribution >= 4 is 0 Å². The Morgan fingerprint density at radius 3 is 2.57 bits per heavy atom. The van der Waals surface area contributed by atoms with Crippen molar-refractivity contribution in [3.8, 4) is 0 Å². The van der Waals surface area contributed by atoms with Crippen molar-refractivity contribution in [3.05, 3.63) is 35.9 Å². The van der Waals surface area contributed by atoms with Gasteiger partial charge in [-0.1, -0.05) is 30.3 Å². The molecule has 1 aliphatic heterocycles. The van der Waals surface area contributed by atoms with E-state index in [1.165, 1.54) is 0 Å². The molecule has 0 aromatic heterocycles. The fourth-order valence-corrected chi connectivity index (χ4v) is 1.81. The summed E-state index contributed by atoms with van der Waals surface area (Å²) in [7, 11) is 0. The molecule has 1 aromatic carbocycles. The smallest absolute Gasteiger partial charge is 0.109 e. The van der Waals surface area contributed by atoms with Gasteiger partial charge in [0.2, 0.25) is 0 Å². The lowest BCUT2D eigenvalue weighted by atomic mass is 10.0. The fraction of sp³-hybridized carbons (Fsp3) is 0.455. The maximum atomic E-state index is 9.71. The van der Waals surface area contributed by atoms with Crippen LogP contribution in [-0.2, 0) is 4.74 Å². The second-order valence-corrected chi connectivity index (χ2v) is 3.57. The van der Waals surface area contributed by atoms with Crippen LogP contribution >= 0.6 is 0 Å². The van der Waals surface area contributed by atoms with Crippen molar-refractivity contribution in [1.29, 1.82) is 0 Å². The average molecular weight is 194 g/mol. The second kappa shape index (κ2) is 4.09. The van der Waals surface area contributed by atoms with Crippen molar-refractivity contribution < 1.29 is 14.9 Å². The quantitative estimate of drug-likeness (QED) is 0.734. The van der Waals surface area contributed by atoms with Crippen LogP contribution in [0, 0.1) is 0 Å². The molecule has 0 unspecified atom stereocenters. The molecule has 3 nitrogen and oxygen atoms in total. The lowest BCUT2D eigenvalue weighted by Gasteiger charge is -2.14. The number of rotatable bonds is 2. The fourth-order valence-electron chi connectivity index (χ4n) is 1.81. The van der Waals surface area contributed by atoms with Crippen molar-refractivity contribution in [1.82, 2.24) is 0 Å². The third-order valence-corrected chi connectivity index (χ3v) is 2.52. The molecule has 0 aliphatic carbocycles. The molecule has 2 rings (SSSR count). The molecule has 0 bridgehead atoms. The van der Waals surface area contributed by atoms with Gasteiger partial charge in [0, 0.05) is 6.42 Å². The van der Waals surface area contributed by atoms with Gasteiger partial charge in [0.15, 0.2) is 0 Å². The van der Waals surface area contributed by atoms with Gasteiger partial charge in [0.1, 0.15) is 6.10 Å². The Morgan fingerprint density at radius 1 is 1.29 bits per heavy atom. The summed E-state index contributed by atoms with van der Waals surface area (Å²) < 4.78 is 5.51. The Morgan fingerprint density at radius 2 is 2.00 bits per heavy atom. The Bertz CT molecular complexity index is 286. The highest BCUT2D eigenvalue weighted by atomic mass is 16.5. The molecular weight excluding hydrogens is 180 g/mol. The lowest BCUT2D eigenvalue weighted by Crippen LogP contribution is -2.11. The molecule has 1 heterocycles. The number of hydrogen-bond acceptors (Lipinski definition) is 3. The molecule has 76 valence electrons. The van der Waals surface area contributed by atoms with Gasteiger partial charge in [-0.15, -0.1) is 0 Å². The first-order valence-corrected chi connectivity index (χ1v) is 4.80. The van der Waals surface area contributed by atoms with Crippen LogP contribution in [0.2, 0.25) is 0 Å². The second-order valence-electron chi connectivity index (χ2n) is 3.57. The molecule has 1 fully saturated rings. The van der Waals surface area contributed by atoms with Crippen molar-refractivity contribution in [2.24, 2.45) is 0 Å². The minimum Gasteiger partial charge on any atom is -0.394 e. The van der Waals surface area contributed by atoms with Crippen molar-refractivity contribution in [2.75, 3.05) is 6.61 Å². The van der Waals surface area contributed by atoms with E-state index in [-0.39, 0.29) is 18.8 Å². The lowest BCUT2D eigenvalue weighted by molar-refractivity contribution is -0.0107. The van der Waals surface area contributed by atoms with Gasteiger partial charge in [-0.25, -0.2) is 0 Å². The molecule has 1 aliphatic rings. The Kier molecular flexibility index (Phi) is 2.82. The maximum absolute atomic E-state index is 9.71. The first-order valence-electron chi connectivity index (χ1n) is 4.80. The van der Waals surface area contributed by atoms with Crippen LogP contribution < -0.4 is 0 Å². The molecule has 1 aromatic rings. The summed E-state index contributed by atoms with van der Waals surface area (Å²) in [5.74, 6) is 0. The summed E-state index contributed by atoms with van der Waals surface area (Å²) in [4.78, 5) is 0. The summed E-state index contributed by atoms with van der Waals surface area (Å²) >= 11 is 0. The first-order chi connectivity index (χ1) is 6.81. The van der Waals surface area contributed by atoms with E-state index in [2.05, 4.69) is 0 Å². The largest absolute Gasteiger partial charge is 0.394 e. The zero-order valence-corrected chi connectivity index (χ0v) is 7.84. The number of aliphatic hydroxyl groups is 2. The predicted octanol–water partition coefficient (Wildman–Crippen LogP) is 0.870. The average Bonchev–Trinajstić information content (AvgIpc) is 2.61. The van der Waals surface area contributed by atoms with Crippen LogP contribution in [0.5, 0.6) is 0 Å². The number of ether oxygens (including phenoxy) is 1. The monoisotopic (exact) mass is 194 g/mol. The van der Waals surface area contributed by atoms with Gasteiger partial charge in [-0.05, 0) is 5.56 Å². The van der Waals surface area contributed by atoms with E-state index in [1.807, 2.05) is 30.3 Å². The van der Waals surface area contributed by atoms with Crippen LogP contribution in [0.25, 0.3) is 0 Å². The van der Waals surface area contributed by atoms with E-state index in [0.29, 0.717) is 6.42 Å². The van der Waals surface area contributed by atoms with Crippen LogP contribution in [0.4, 0.5) is 0 Å². The van der Waals surface area contributed by atoms with E-state index in [1.54, 1.807) is 0 Å². The van der Waals surface area contributed by atoms with Gasteiger partial charge < -0.3 is 14.9 Å². The summed E-state index contributed by atoms with van der Waals surface area (Å²) in [5, 5.41) is 18.6. The molecule has 3 heteroatoms. The number of aliphatic hydroxyl groups excluding tert-OH is 2. The Labute approximate surface area is 83.0 Å². The Balaban J connectivity index is 2.13. The highest BCUT2D eigenvalue weighted by Gasteiger charge is 2.34. The molecule has 0 amide bonds. The van der Waals surface area contributed by atoms with Gasteiger partial charge in [0.25, 0.3) is 0 Å². The normalized spacial score (nSPS) is 32.0. The van der Waals surface area contributed by atoms with Crippen molar-refractivity contribution in [2.45, 2.75) is 24.7 Å². The minimum atomic E-state index is -0.505. The van der Waals surface area contributed by atoms with Crippen LogP contribution in [0.1, 0.15) is 18.1 Å². The van der Waals surface area contributed by atoms with Gasteiger partial charge >= 0.3 is 0 Å². The number of benzene rings is 1. The zero-order valence-electron chi connectivity index (χ0n) is 7.84. The molecule has 2 N–H and O–H groups in total. The maximum Gasteiger partial charge on any atom is 0.109 e. The first kappa shape index (κ1) is 9.65. The minimum absolute atomic E-state index is 0.0274. The topological polar surface area (TPSA) is 49.7 Å². The molecule has 1 saturated heterocycles. The SMILES string of the molecule is OC[C@H]1C[C@@H](O)[C@H](c2ccccc2)O1. The van der Waals surface area contributed by atoms with Crippen LogP contribution in [0.15, 0.2) is 30.3 Å².